The zero-order valence-electron chi connectivity index (χ0n) is 10.7. The fourth-order valence-electron chi connectivity index (χ4n) is 0.880. The molecule has 0 aromatic rings. The van der Waals surface area contributed by atoms with Gasteiger partial charge in [0.15, 0.2) is 0 Å². The largest absolute Gasteiger partial charge is 0.377 e. The van der Waals surface area contributed by atoms with E-state index in [0.29, 0.717) is 0 Å². The van der Waals surface area contributed by atoms with E-state index in [4.69, 9.17) is 18.9 Å². The minimum Gasteiger partial charge on any atom is -0.377 e. The summed E-state index contributed by atoms with van der Waals surface area (Å²) in [6, 6.07) is 0. The zero-order chi connectivity index (χ0) is 12.8. The number of nitrogens with zero attached hydrogens (tertiary/aromatic N) is 1. The summed E-state index contributed by atoms with van der Waals surface area (Å²) in [4.78, 5) is 10.9. The summed E-state index contributed by atoms with van der Waals surface area (Å²) in [5.74, 6) is 0. The maximum absolute atomic E-state index is 9.43. The molecule has 0 unspecified atom stereocenters. The lowest BCUT2D eigenvalue weighted by molar-refractivity contribution is -0.115. The molecule has 0 aromatic carbocycles. The van der Waals surface area contributed by atoms with Gasteiger partial charge < -0.3 is 23.8 Å². The van der Waals surface area contributed by atoms with Crippen molar-refractivity contribution in [2.45, 2.75) is 0 Å². The Morgan fingerprint density at radius 3 is 0.941 bits per heavy atom. The number of hydrogen-bond donors (Lipinski definition) is 0. The van der Waals surface area contributed by atoms with Crippen molar-refractivity contribution in [1.29, 1.82) is 0 Å². The number of rotatable bonds is 1. The summed E-state index contributed by atoms with van der Waals surface area (Å²) in [6.07, 6.45) is 0.750. The van der Waals surface area contributed by atoms with Gasteiger partial charge in [0.25, 0.3) is 0 Å². The van der Waals surface area contributed by atoms with E-state index in [-0.39, 0.29) is 0 Å². The molecule has 6 nitrogen and oxygen atoms in total. The van der Waals surface area contributed by atoms with Crippen LogP contribution in [0, 0.1) is 0 Å². The molecular formula is C11H23NO5. The number of carbonyl (C=O) groups excluding carboxylic acids is 1. The van der Waals surface area contributed by atoms with E-state index >= 15 is 0 Å². The third-order valence-electron chi connectivity index (χ3n) is 1.70. The SMILES string of the molecule is C1COCCO1.C1COCCO1.CN(C)C=O. The fourth-order valence-corrected chi connectivity index (χ4v) is 0.880. The zero-order valence-corrected chi connectivity index (χ0v) is 10.7. The van der Waals surface area contributed by atoms with Gasteiger partial charge in [0.05, 0.1) is 52.9 Å². The first-order chi connectivity index (χ1) is 8.27. The Morgan fingerprint density at radius 1 is 0.706 bits per heavy atom. The third kappa shape index (κ3) is 15.3. The van der Waals surface area contributed by atoms with Crippen LogP contribution in [0.25, 0.3) is 0 Å². The number of hydrogen-bond acceptors (Lipinski definition) is 5. The maximum atomic E-state index is 9.43. The summed E-state index contributed by atoms with van der Waals surface area (Å²) in [5, 5.41) is 0. The van der Waals surface area contributed by atoms with Crippen LogP contribution in [0.3, 0.4) is 0 Å². The second-order valence-electron chi connectivity index (χ2n) is 3.52. The average molecular weight is 249 g/mol. The molecule has 2 rings (SSSR count). The van der Waals surface area contributed by atoms with Gasteiger partial charge >= 0.3 is 0 Å². The molecule has 2 fully saturated rings. The standard InChI is InChI=1S/2C4H8O2.C3H7NO/c2*1-2-6-4-3-5-1;1-4(2)3-5/h2*1-4H2;3H,1-2H3. The lowest BCUT2D eigenvalue weighted by Crippen LogP contribution is -2.16. The Kier molecular flexibility index (Phi) is 12.8. The minimum absolute atomic E-state index is 0.750. The maximum Gasteiger partial charge on any atom is 0.209 e. The number of carbonyl (C=O) groups is 1. The van der Waals surface area contributed by atoms with E-state index in [1.165, 1.54) is 4.90 Å². The molecule has 0 N–H and O–H groups in total. The van der Waals surface area contributed by atoms with Crippen LogP contribution in [0.4, 0.5) is 0 Å². The second-order valence-corrected chi connectivity index (χ2v) is 3.52. The average Bonchev–Trinajstić information content (AvgIpc) is 2.44. The topological polar surface area (TPSA) is 57.2 Å². The summed E-state index contributed by atoms with van der Waals surface area (Å²) < 4.78 is 19.8. The van der Waals surface area contributed by atoms with Gasteiger partial charge in [-0.2, -0.15) is 0 Å². The molecule has 0 bridgehead atoms. The highest BCUT2D eigenvalue weighted by molar-refractivity contribution is 5.45. The summed E-state index contributed by atoms with van der Waals surface area (Å²) >= 11 is 0. The molecule has 2 saturated heterocycles. The van der Waals surface area contributed by atoms with Crippen molar-refractivity contribution in [1.82, 2.24) is 4.90 Å². The van der Waals surface area contributed by atoms with Crippen LogP contribution in [-0.4, -0.2) is 78.3 Å². The van der Waals surface area contributed by atoms with Crippen LogP contribution in [0.2, 0.25) is 0 Å². The van der Waals surface area contributed by atoms with Gasteiger partial charge in [0, 0.05) is 14.1 Å². The Morgan fingerprint density at radius 2 is 0.882 bits per heavy atom. The lowest BCUT2D eigenvalue weighted by Gasteiger charge is -2.09. The van der Waals surface area contributed by atoms with E-state index in [2.05, 4.69) is 0 Å². The quantitative estimate of drug-likeness (QED) is 0.601. The van der Waals surface area contributed by atoms with Crippen molar-refractivity contribution >= 4 is 6.41 Å². The highest BCUT2D eigenvalue weighted by Crippen LogP contribution is 1.85. The highest BCUT2D eigenvalue weighted by Gasteiger charge is 1.94. The molecule has 0 aromatic heterocycles. The van der Waals surface area contributed by atoms with Crippen molar-refractivity contribution in [3.63, 3.8) is 0 Å². The molecular weight excluding hydrogens is 226 g/mol. The first-order valence-electron chi connectivity index (χ1n) is 5.70. The molecule has 1 amide bonds. The van der Waals surface area contributed by atoms with Crippen LogP contribution >= 0.6 is 0 Å². The molecule has 0 radical (unpaired) electrons. The van der Waals surface area contributed by atoms with E-state index < -0.39 is 0 Å². The Balaban J connectivity index is 0.000000228. The predicted octanol–water partition coefficient (Wildman–Crippen LogP) is -0.229. The molecule has 102 valence electrons. The van der Waals surface area contributed by atoms with E-state index in [1.54, 1.807) is 14.1 Å². The molecule has 6 heteroatoms. The van der Waals surface area contributed by atoms with Crippen LogP contribution in [-0.2, 0) is 23.7 Å². The van der Waals surface area contributed by atoms with Crippen molar-refractivity contribution in [2.75, 3.05) is 67.0 Å². The normalized spacial score (nSPS) is 18.9. The van der Waals surface area contributed by atoms with Gasteiger partial charge in [-0.15, -0.1) is 0 Å². The molecule has 2 aliphatic heterocycles. The molecule has 0 aliphatic carbocycles. The molecule has 2 heterocycles. The van der Waals surface area contributed by atoms with Crippen LogP contribution < -0.4 is 0 Å². The summed E-state index contributed by atoms with van der Waals surface area (Å²) in [5.41, 5.74) is 0. The van der Waals surface area contributed by atoms with Gasteiger partial charge in [-0.25, -0.2) is 0 Å². The number of ether oxygens (including phenoxy) is 4. The predicted molar refractivity (Wildman–Crippen MR) is 63.0 cm³/mol. The molecule has 0 spiro atoms. The third-order valence-corrected chi connectivity index (χ3v) is 1.70. The Hall–Kier alpha value is -0.690. The summed E-state index contributed by atoms with van der Waals surface area (Å²) in [7, 11) is 3.38. The first-order valence-corrected chi connectivity index (χ1v) is 5.70. The minimum atomic E-state index is 0.750. The van der Waals surface area contributed by atoms with Crippen LogP contribution in [0.5, 0.6) is 0 Å². The van der Waals surface area contributed by atoms with Gasteiger partial charge in [-0.05, 0) is 0 Å². The van der Waals surface area contributed by atoms with Crippen LogP contribution in [0.15, 0.2) is 0 Å². The van der Waals surface area contributed by atoms with E-state index in [1.807, 2.05) is 0 Å². The Bertz CT molecular complexity index is 123. The van der Waals surface area contributed by atoms with Crippen molar-refractivity contribution < 1.29 is 23.7 Å². The highest BCUT2D eigenvalue weighted by atomic mass is 16.6. The van der Waals surface area contributed by atoms with Crippen molar-refractivity contribution in [2.24, 2.45) is 0 Å². The fraction of sp³-hybridized carbons (Fsp3) is 0.909. The molecule has 0 saturated carbocycles. The molecule has 0 atom stereocenters. The lowest BCUT2D eigenvalue weighted by atomic mass is 10.6. The smallest absolute Gasteiger partial charge is 0.209 e. The van der Waals surface area contributed by atoms with Gasteiger partial charge in [0.2, 0.25) is 6.41 Å². The van der Waals surface area contributed by atoms with Crippen LogP contribution in [0.1, 0.15) is 0 Å². The van der Waals surface area contributed by atoms with Gasteiger partial charge in [0.1, 0.15) is 0 Å². The van der Waals surface area contributed by atoms with Crippen molar-refractivity contribution in [3.05, 3.63) is 0 Å². The van der Waals surface area contributed by atoms with Gasteiger partial charge in [-0.1, -0.05) is 0 Å². The second kappa shape index (κ2) is 13.4. The first kappa shape index (κ1) is 16.3. The Labute approximate surface area is 103 Å². The van der Waals surface area contributed by atoms with Crippen molar-refractivity contribution in [3.8, 4) is 0 Å². The molecule has 2 aliphatic rings. The van der Waals surface area contributed by atoms with Gasteiger partial charge in [-0.3, -0.25) is 4.79 Å². The van der Waals surface area contributed by atoms with E-state index in [0.717, 1.165) is 59.3 Å². The van der Waals surface area contributed by atoms with E-state index in [9.17, 15) is 4.79 Å². The molecule has 17 heavy (non-hydrogen) atoms. The number of amides is 1. The monoisotopic (exact) mass is 249 g/mol. The summed E-state index contributed by atoms with van der Waals surface area (Å²) in [6.45, 7) is 6.22.